The molecule has 0 amide bonds. The van der Waals surface area contributed by atoms with Crippen molar-refractivity contribution in [3.05, 3.63) is 48.6 Å². The quantitative estimate of drug-likeness (QED) is 0.0199. The van der Waals surface area contributed by atoms with Gasteiger partial charge in [0.25, 0.3) is 0 Å². The lowest BCUT2D eigenvalue weighted by molar-refractivity contribution is -0.167. The first-order chi connectivity index (χ1) is 31.0. The summed E-state index contributed by atoms with van der Waals surface area (Å²) in [4.78, 5) is 38.0. The summed E-state index contributed by atoms with van der Waals surface area (Å²) < 4.78 is 16.8. The van der Waals surface area contributed by atoms with Crippen molar-refractivity contribution in [2.24, 2.45) is 0 Å². The molecule has 0 N–H and O–H groups in total. The second-order valence-electron chi connectivity index (χ2n) is 18.2. The Morgan fingerprint density at radius 1 is 0.317 bits per heavy atom. The molecule has 6 heteroatoms. The zero-order valence-corrected chi connectivity index (χ0v) is 41.8. The first kappa shape index (κ1) is 60.4. The van der Waals surface area contributed by atoms with Gasteiger partial charge in [-0.15, -0.1) is 0 Å². The maximum Gasteiger partial charge on any atom is 0.306 e. The van der Waals surface area contributed by atoms with Crippen LogP contribution in [0.2, 0.25) is 0 Å². The number of carbonyl (C=O) groups excluding carboxylic acids is 3. The van der Waals surface area contributed by atoms with Crippen LogP contribution in [0.4, 0.5) is 0 Å². The predicted octanol–water partition coefficient (Wildman–Crippen LogP) is 17.9. The minimum atomic E-state index is -0.782. The summed E-state index contributed by atoms with van der Waals surface area (Å²) >= 11 is 0. The van der Waals surface area contributed by atoms with Crippen molar-refractivity contribution in [3.8, 4) is 0 Å². The van der Waals surface area contributed by atoms with Crippen molar-refractivity contribution in [1.82, 2.24) is 0 Å². The van der Waals surface area contributed by atoms with Crippen LogP contribution < -0.4 is 0 Å². The standard InChI is InChI=1S/C57H102O6/c1-4-7-10-13-16-19-22-24-26-28-30-31-33-35-38-41-44-47-50-56(59)62-53-54(52-61-55(58)49-46-43-40-37-21-18-15-12-9-6-3)63-57(60)51-48-45-42-39-36-34-32-29-27-25-23-20-17-14-11-8-5-2/h15,18,22,24,26,28,30-31,54H,4-14,16-17,19-21,23,25,27,29,32-53H2,1-3H3/b18-15-,24-22-,28-26-,31-30-. The fourth-order valence-corrected chi connectivity index (χ4v) is 7.72. The van der Waals surface area contributed by atoms with Gasteiger partial charge >= 0.3 is 17.9 Å². The van der Waals surface area contributed by atoms with E-state index >= 15 is 0 Å². The summed E-state index contributed by atoms with van der Waals surface area (Å²) in [6.07, 6.45) is 62.4. The molecule has 0 bridgehead atoms. The molecule has 1 atom stereocenters. The summed E-state index contributed by atoms with van der Waals surface area (Å²) in [5, 5.41) is 0. The molecule has 0 rings (SSSR count). The maximum absolute atomic E-state index is 12.8. The molecule has 63 heavy (non-hydrogen) atoms. The van der Waals surface area contributed by atoms with E-state index in [1.807, 2.05) is 0 Å². The van der Waals surface area contributed by atoms with Gasteiger partial charge in [-0.3, -0.25) is 14.4 Å². The molecule has 6 nitrogen and oxygen atoms in total. The van der Waals surface area contributed by atoms with E-state index in [1.165, 1.54) is 141 Å². The number of hydrogen-bond donors (Lipinski definition) is 0. The molecule has 1 unspecified atom stereocenters. The van der Waals surface area contributed by atoms with E-state index < -0.39 is 6.10 Å². The lowest BCUT2D eigenvalue weighted by Crippen LogP contribution is -2.30. The molecule has 0 aromatic heterocycles. The third-order valence-electron chi connectivity index (χ3n) is 11.9. The minimum absolute atomic E-state index is 0.0837. The van der Waals surface area contributed by atoms with Gasteiger partial charge in [-0.2, -0.15) is 0 Å². The molecule has 0 fully saturated rings. The predicted molar refractivity (Wildman–Crippen MR) is 270 cm³/mol. The fourth-order valence-electron chi connectivity index (χ4n) is 7.72. The van der Waals surface area contributed by atoms with Gasteiger partial charge in [0.2, 0.25) is 0 Å². The van der Waals surface area contributed by atoms with Gasteiger partial charge in [0.15, 0.2) is 6.10 Å². The number of esters is 3. The molecule has 366 valence electrons. The normalized spacial score (nSPS) is 12.4. The molecular weight excluding hydrogens is 781 g/mol. The van der Waals surface area contributed by atoms with Crippen molar-refractivity contribution in [2.75, 3.05) is 13.2 Å². The number of unbranched alkanes of at least 4 members (excludes halogenated alkanes) is 32. The average molecular weight is 883 g/mol. The van der Waals surface area contributed by atoms with Crippen LogP contribution in [0.15, 0.2) is 48.6 Å². The molecule has 0 aromatic rings. The number of allylic oxidation sites excluding steroid dienone is 8. The highest BCUT2D eigenvalue weighted by Gasteiger charge is 2.19. The first-order valence-corrected chi connectivity index (χ1v) is 27.2. The Morgan fingerprint density at radius 3 is 0.968 bits per heavy atom. The van der Waals surface area contributed by atoms with Gasteiger partial charge in [0.05, 0.1) is 0 Å². The molecule has 0 aromatic carbocycles. The van der Waals surface area contributed by atoms with Crippen molar-refractivity contribution in [1.29, 1.82) is 0 Å². The van der Waals surface area contributed by atoms with Gasteiger partial charge in [-0.25, -0.2) is 0 Å². The Kier molecular flexibility index (Phi) is 49.8. The third-order valence-corrected chi connectivity index (χ3v) is 11.9. The zero-order valence-electron chi connectivity index (χ0n) is 41.8. The fraction of sp³-hybridized carbons (Fsp3) is 0.807. The number of rotatable bonds is 49. The molecule has 0 aliphatic heterocycles. The number of carbonyl (C=O) groups is 3. The SMILES string of the molecule is CCCC/C=C\CCCCCCC(=O)OCC(COC(=O)CCCCCCC\C=C/C=C\C=C/CCCCCCC)OC(=O)CCCCCCCCCCCCCCCCCCC. The minimum Gasteiger partial charge on any atom is -0.462 e. The Bertz CT molecular complexity index is 1110. The zero-order chi connectivity index (χ0) is 45.8. The van der Waals surface area contributed by atoms with E-state index in [1.54, 1.807) is 0 Å². The Morgan fingerprint density at radius 2 is 0.603 bits per heavy atom. The Labute approximate surface area is 390 Å². The van der Waals surface area contributed by atoms with E-state index in [0.29, 0.717) is 19.3 Å². The summed E-state index contributed by atoms with van der Waals surface area (Å²) in [5.74, 6) is -0.906. The maximum atomic E-state index is 12.8. The largest absolute Gasteiger partial charge is 0.462 e. The van der Waals surface area contributed by atoms with Crippen molar-refractivity contribution < 1.29 is 28.6 Å². The smallest absolute Gasteiger partial charge is 0.306 e. The Hall–Kier alpha value is -2.63. The van der Waals surface area contributed by atoms with Gasteiger partial charge < -0.3 is 14.2 Å². The van der Waals surface area contributed by atoms with Crippen LogP contribution in [0, 0.1) is 0 Å². The van der Waals surface area contributed by atoms with Gasteiger partial charge in [0.1, 0.15) is 13.2 Å². The topological polar surface area (TPSA) is 78.9 Å². The van der Waals surface area contributed by atoms with Crippen LogP contribution in [-0.2, 0) is 28.6 Å². The first-order valence-electron chi connectivity index (χ1n) is 27.2. The highest BCUT2D eigenvalue weighted by atomic mass is 16.6. The van der Waals surface area contributed by atoms with Crippen LogP contribution in [-0.4, -0.2) is 37.2 Å². The second kappa shape index (κ2) is 52.0. The highest BCUT2D eigenvalue weighted by Crippen LogP contribution is 2.16. The lowest BCUT2D eigenvalue weighted by Gasteiger charge is -2.18. The molecule has 0 saturated carbocycles. The summed E-state index contributed by atoms with van der Waals surface area (Å²) in [7, 11) is 0. The number of hydrogen-bond acceptors (Lipinski definition) is 6. The monoisotopic (exact) mass is 883 g/mol. The van der Waals surface area contributed by atoms with E-state index in [0.717, 1.165) is 96.3 Å². The molecule has 0 radical (unpaired) electrons. The lowest BCUT2D eigenvalue weighted by atomic mass is 10.0. The summed E-state index contributed by atoms with van der Waals surface area (Å²) in [6.45, 7) is 6.58. The van der Waals surface area contributed by atoms with Crippen LogP contribution in [0.1, 0.15) is 278 Å². The van der Waals surface area contributed by atoms with Crippen molar-refractivity contribution in [2.45, 2.75) is 284 Å². The second-order valence-corrected chi connectivity index (χ2v) is 18.2. The van der Waals surface area contributed by atoms with Gasteiger partial charge in [0, 0.05) is 19.3 Å². The number of ether oxygens (including phenoxy) is 3. The molecule has 0 heterocycles. The molecule has 0 spiro atoms. The summed E-state index contributed by atoms with van der Waals surface area (Å²) in [6, 6.07) is 0. The van der Waals surface area contributed by atoms with Gasteiger partial charge in [-0.05, 0) is 64.2 Å². The Balaban J connectivity index is 4.35. The van der Waals surface area contributed by atoms with E-state index in [2.05, 4.69) is 69.4 Å². The van der Waals surface area contributed by atoms with E-state index in [4.69, 9.17) is 14.2 Å². The van der Waals surface area contributed by atoms with Crippen LogP contribution in [0.5, 0.6) is 0 Å². The van der Waals surface area contributed by atoms with E-state index in [9.17, 15) is 14.4 Å². The van der Waals surface area contributed by atoms with Gasteiger partial charge in [-0.1, -0.05) is 243 Å². The third kappa shape index (κ3) is 50.2. The van der Waals surface area contributed by atoms with Crippen LogP contribution in [0.3, 0.4) is 0 Å². The molecule has 0 saturated heterocycles. The average Bonchev–Trinajstić information content (AvgIpc) is 3.28. The molecule has 0 aliphatic carbocycles. The molecule has 0 aliphatic rings. The van der Waals surface area contributed by atoms with Crippen molar-refractivity contribution in [3.63, 3.8) is 0 Å². The van der Waals surface area contributed by atoms with Crippen LogP contribution >= 0.6 is 0 Å². The van der Waals surface area contributed by atoms with E-state index in [-0.39, 0.29) is 31.1 Å². The molecular formula is C57H102O6. The van der Waals surface area contributed by atoms with Crippen molar-refractivity contribution >= 4 is 17.9 Å². The van der Waals surface area contributed by atoms with Crippen LogP contribution in [0.25, 0.3) is 0 Å². The highest BCUT2D eigenvalue weighted by molar-refractivity contribution is 5.71. The summed E-state index contributed by atoms with van der Waals surface area (Å²) in [5.41, 5.74) is 0.